The highest BCUT2D eigenvalue weighted by Crippen LogP contribution is 2.39. The van der Waals surface area contributed by atoms with Gasteiger partial charge in [0.15, 0.2) is 10.4 Å². The molecule has 226 valence electrons. The van der Waals surface area contributed by atoms with Gasteiger partial charge in [0.2, 0.25) is 0 Å². The standard InChI is InChI=1S/C33H31BrClN5O4/c34-30-11-10-29(44-30)32(42)36-25-17-22(33(43)38-14-12-37(13-15-38)27-5-2-1-4-24(27)35)8-9-28(25)39-18-21-16-23(20-39)26-6-3-7-31(41)40(26)19-21/h1-11,17,21,23H,12-16,18-20H2,(H,36,42). The second-order valence-corrected chi connectivity index (χ2v) is 12.8. The van der Waals surface area contributed by atoms with Crippen LogP contribution in [-0.4, -0.2) is 60.5 Å². The summed E-state index contributed by atoms with van der Waals surface area (Å²) in [5, 5.41) is 3.72. The Hall–Kier alpha value is -4.02. The number of nitrogens with one attached hydrogen (secondary N) is 1. The van der Waals surface area contributed by atoms with Crippen LogP contribution in [0.3, 0.4) is 0 Å². The van der Waals surface area contributed by atoms with E-state index >= 15 is 0 Å². The molecular weight excluding hydrogens is 646 g/mol. The molecule has 4 aromatic rings. The van der Waals surface area contributed by atoms with Crippen molar-refractivity contribution in [3.63, 3.8) is 0 Å². The van der Waals surface area contributed by atoms with Crippen molar-refractivity contribution < 1.29 is 14.0 Å². The molecule has 0 saturated carbocycles. The molecule has 1 N–H and O–H groups in total. The van der Waals surface area contributed by atoms with Crippen LogP contribution in [0.5, 0.6) is 0 Å². The highest BCUT2D eigenvalue weighted by molar-refractivity contribution is 9.10. The van der Waals surface area contributed by atoms with Crippen molar-refractivity contribution in [1.82, 2.24) is 9.47 Å². The van der Waals surface area contributed by atoms with Crippen LogP contribution in [0.2, 0.25) is 5.02 Å². The van der Waals surface area contributed by atoms with Crippen LogP contribution in [0.4, 0.5) is 17.1 Å². The lowest BCUT2D eigenvalue weighted by molar-refractivity contribution is 0.0746. The van der Waals surface area contributed by atoms with Crippen LogP contribution >= 0.6 is 27.5 Å². The van der Waals surface area contributed by atoms with Gasteiger partial charge in [0.05, 0.1) is 22.1 Å². The van der Waals surface area contributed by atoms with Crippen molar-refractivity contribution in [2.45, 2.75) is 18.9 Å². The van der Waals surface area contributed by atoms with E-state index in [9.17, 15) is 14.4 Å². The first kappa shape index (κ1) is 28.7. The number of pyridine rings is 1. The second-order valence-electron chi connectivity index (χ2n) is 11.6. The summed E-state index contributed by atoms with van der Waals surface area (Å²) in [5.41, 5.74) is 3.95. The summed E-state index contributed by atoms with van der Waals surface area (Å²) < 4.78 is 7.87. The molecule has 3 aliphatic rings. The molecule has 0 aliphatic carbocycles. The molecule has 3 aliphatic heterocycles. The first-order chi connectivity index (χ1) is 21.3. The zero-order valence-corrected chi connectivity index (χ0v) is 26.3. The minimum Gasteiger partial charge on any atom is -0.444 e. The molecule has 0 spiro atoms. The van der Waals surface area contributed by atoms with E-state index in [4.69, 9.17) is 16.0 Å². The summed E-state index contributed by atoms with van der Waals surface area (Å²) >= 11 is 9.68. The summed E-state index contributed by atoms with van der Waals surface area (Å²) in [4.78, 5) is 45.8. The Morgan fingerprint density at radius 2 is 1.68 bits per heavy atom. The van der Waals surface area contributed by atoms with Crippen LogP contribution in [0.15, 0.2) is 86.7 Å². The van der Waals surface area contributed by atoms with Crippen LogP contribution in [0.1, 0.15) is 38.9 Å². The van der Waals surface area contributed by atoms with Gasteiger partial charge in [0, 0.05) is 69.1 Å². The highest BCUT2D eigenvalue weighted by Gasteiger charge is 2.35. The number of amides is 2. The van der Waals surface area contributed by atoms with Gasteiger partial charge >= 0.3 is 0 Å². The maximum absolute atomic E-state index is 13.7. The molecule has 2 saturated heterocycles. The van der Waals surface area contributed by atoms with Crippen molar-refractivity contribution in [3.8, 4) is 0 Å². The van der Waals surface area contributed by atoms with Gasteiger partial charge in [-0.1, -0.05) is 29.8 Å². The van der Waals surface area contributed by atoms with Gasteiger partial charge < -0.3 is 29.0 Å². The number of halogens is 2. The molecule has 5 heterocycles. The van der Waals surface area contributed by atoms with Gasteiger partial charge in [-0.15, -0.1) is 0 Å². The van der Waals surface area contributed by atoms with Crippen molar-refractivity contribution >= 4 is 56.4 Å². The largest absolute Gasteiger partial charge is 0.444 e. The molecule has 9 nitrogen and oxygen atoms in total. The van der Waals surface area contributed by atoms with Crippen molar-refractivity contribution in [2.24, 2.45) is 5.92 Å². The van der Waals surface area contributed by atoms with E-state index < -0.39 is 5.91 Å². The van der Waals surface area contributed by atoms with Crippen LogP contribution in [-0.2, 0) is 6.54 Å². The van der Waals surface area contributed by atoms with E-state index in [0.29, 0.717) is 66.1 Å². The Kier molecular flexibility index (Phi) is 7.72. The third-order valence-corrected chi connectivity index (χ3v) is 9.61. The summed E-state index contributed by atoms with van der Waals surface area (Å²) in [6.45, 7) is 4.57. The summed E-state index contributed by atoms with van der Waals surface area (Å²) in [7, 11) is 0. The summed E-state index contributed by atoms with van der Waals surface area (Å²) in [5.74, 6) is 0.164. The second kappa shape index (κ2) is 11.8. The first-order valence-corrected chi connectivity index (χ1v) is 16.0. The fourth-order valence-electron chi connectivity index (χ4n) is 6.80. The number of carbonyl (C=O) groups is 2. The number of rotatable bonds is 5. The number of carbonyl (C=O) groups excluding carboxylic acids is 2. The van der Waals surface area contributed by atoms with E-state index in [0.717, 1.165) is 30.0 Å². The average molecular weight is 677 g/mol. The van der Waals surface area contributed by atoms with E-state index in [1.807, 2.05) is 58.0 Å². The number of para-hydroxylation sites is 1. The minimum atomic E-state index is -0.399. The predicted molar refractivity (Wildman–Crippen MR) is 174 cm³/mol. The van der Waals surface area contributed by atoms with E-state index in [2.05, 4.69) is 31.0 Å². The van der Waals surface area contributed by atoms with Gasteiger partial charge in [-0.3, -0.25) is 14.4 Å². The van der Waals surface area contributed by atoms with Crippen molar-refractivity contribution in [2.75, 3.05) is 54.4 Å². The van der Waals surface area contributed by atoms with Crippen LogP contribution in [0, 0.1) is 5.92 Å². The highest BCUT2D eigenvalue weighted by atomic mass is 79.9. The number of anilines is 3. The Morgan fingerprint density at radius 3 is 2.45 bits per heavy atom. The number of benzene rings is 2. The number of piperazine rings is 1. The molecule has 2 aromatic heterocycles. The third-order valence-electron chi connectivity index (χ3n) is 8.87. The molecule has 2 aromatic carbocycles. The van der Waals surface area contributed by atoms with Gasteiger partial charge in [0.1, 0.15) is 0 Å². The minimum absolute atomic E-state index is 0.0405. The SMILES string of the molecule is O=C(Nc1cc(C(=O)N2CCN(c3ccccc3Cl)CC2)ccc1N1CC2CC(C1)c1cccc(=O)n1C2)c1ccc(Br)o1. The van der Waals surface area contributed by atoms with Crippen LogP contribution < -0.4 is 20.7 Å². The quantitative estimate of drug-likeness (QED) is 0.292. The zero-order chi connectivity index (χ0) is 30.4. The molecular formula is C33H31BrClN5O4. The molecule has 2 unspecified atom stereocenters. The van der Waals surface area contributed by atoms with Gasteiger partial charge in [0.25, 0.3) is 17.4 Å². The monoisotopic (exact) mass is 675 g/mol. The summed E-state index contributed by atoms with van der Waals surface area (Å²) in [6, 6.07) is 22.1. The van der Waals surface area contributed by atoms with E-state index in [-0.39, 0.29) is 23.1 Å². The number of nitrogens with zero attached hydrogens (tertiary/aromatic N) is 4. The van der Waals surface area contributed by atoms with Crippen molar-refractivity contribution in [3.05, 3.63) is 110 Å². The predicted octanol–water partition coefficient (Wildman–Crippen LogP) is 5.70. The molecule has 11 heteroatoms. The lowest BCUT2D eigenvalue weighted by Crippen LogP contribution is -2.49. The van der Waals surface area contributed by atoms with Crippen molar-refractivity contribution in [1.29, 1.82) is 0 Å². The Balaban J connectivity index is 1.15. The molecule has 44 heavy (non-hydrogen) atoms. The number of furan rings is 1. The number of aromatic nitrogens is 1. The van der Waals surface area contributed by atoms with E-state index in [1.165, 1.54) is 0 Å². The van der Waals surface area contributed by atoms with Gasteiger partial charge in [-0.2, -0.15) is 0 Å². The number of piperidine rings is 1. The maximum Gasteiger partial charge on any atom is 0.291 e. The average Bonchev–Trinajstić information content (AvgIpc) is 3.48. The normalized spacial score (nSPS) is 19.5. The molecule has 2 amide bonds. The molecule has 2 atom stereocenters. The summed E-state index contributed by atoms with van der Waals surface area (Å²) in [6.07, 6.45) is 1.01. The number of hydrogen-bond acceptors (Lipinski definition) is 6. The van der Waals surface area contributed by atoms with Gasteiger partial charge in [-0.05, 0) is 76.8 Å². The first-order valence-electron chi connectivity index (χ1n) is 14.8. The van der Waals surface area contributed by atoms with Gasteiger partial charge in [-0.25, -0.2) is 0 Å². The van der Waals surface area contributed by atoms with E-state index in [1.54, 1.807) is 24.3 Å². The molecule has 0 radical (unpaired) electrons. The maximum atomic E-state index is 13.7. The lowest BCUT2D eigenvalue weighted by atomic mass is 9.83. The number of hydrogen-bond donors (Lipinski definition) is 1. The zero-order valence-electron chi connectivity index (χ0n) is 23.9. The fraction of sp³-hybridized carbons (Fsp3) is 0.303. The smallest absolute Gasteiger partial charge is 0.291 e. The molecule has 2 bridgehead atoms. The lowest BCUT2D eigenvalue weighted by Gasteiger charge is -2.44. The Morgan fingerprint density at radius 1 is 0.864 bits per heavy atom. The van der Waals surface area contributed by atoms with Crippen LogP contribution in [0.25, 0.3) is 0 Å². The third kappa shape index (κ3) is 5.52. The Labute approximate surface area is 268 Å². The Bertz CT molecular complexity index is 1800. The molecule has 7 rings (SSSR count). The number of fused-ring (bicyclic) bond motifs is 4. The fourth-order valence-corrected chi connectivity index (χ4v) is 7.36. The molecule has 2 fully saturated rings. The topological polar surface area (TPSA) is 91.0 Å².